The zero-order chi connectivity index (χ0) is 20.4. The molecule has 29 heavy (non-hydrogen) atoms. The summed E-state index contributed by atoms with van der Waals surface area (Å²) in [4.78, 5) is 5.46. The smallest absolute Gasteiger partial charge is 0.360 e. The molecule has 1 saturated carbocycles. The van der Waals surface area contributed by atoms with Gasteiger partial charge in [-0.25, -0.2) is 4.98 Å². The maximum absolute atomic E-state index is 12.8. The summed E-state index contributed by atoms with van der Waals surface area (Å²) in [7, 11) is 0. The summed E-state index contributed by atoms with van der Waals surface area (Å²) in [6.45, 7) is 0.561. The van der Waals surface area contributed by atoms with E-state index in [1.165, 1.54) is 0 Å². The highest BCUT2D eigenvalue weighted by Crippen LogP contribution is 2.40. The minimum Gasteiger partial charge on any atom is -0.360 e. The first-order valence-corrected chi connectivity index (χ1v) is 10.7. The van der Waals surface area contributed by atoms with Crippen LogP contribution in [0.25, 0.3) is 21.3 Å². The van der Waals surface area contributed by atoms with Gasteiger partial charge in [0.2, 0.25) is 0 Å². The summed E-state index contributed by atoms with van der Waals surface area (Å²) in [5.74, 6) is -0.860. The predicted octanol–water partition coefficient (Wildman–Crippen LogP) is 5.18. The summed E-state index contributed by atoms with van der Waals surface area (Å²) in [5, 5.41) is 12.1. The number of H-pyrrole nitrogens is 1. The molecule has 0 spiro atoms. The molecule has 1 aliphatic rings. The van der Waals surface area contributed by atoms with Crippen molar-refractivity contribution in [2.24, 2.45) is 17.6 Å². The lowest BCUT2D eigenvalue weighted by Gasteiger charge is -2.31. The fourth-order valence-corrected chi connectivity index (χ4v) is 4.85. The van der Waals surface area contributed by atoms with Crippen LogP contribution in [0.5, 0.6) is 0 Å². The Bertz CT molecular complexity index is 943. The van der Waals surface area contributed by atoms with Gasteiger partial charge in [-0.05, 0) is 49.7 Å². The van der Waals surface area contributed by atoms with E-state index in [0.717, 1.165) is 32.9 Å². The third-order valence-electron chi connectivity index (χ3n) is 5.69. The molecule has 1 aliphatic carbocycles. The lowest BCUT2D eigenvalue weighted by atomic mass is 9.79. The zero-order valence-electron chi connectivity index (χ0n) is 15.9. The Balaban J connectivity index is 1.26. The lowest BCUT2D eigenvalue weighted by molar-refractivity contribution is -0.184. The molecule has 2 aromatic heterocycles. The maximum atomic E-state index is 12.8. The second-order valence-corrected chi connectivity index (χ2v) is 8.87. The number of aromatic nitrogens is 3. The van der Waals surface area contributed by atoms with Crippen molar-refractivity contribution in [3.63, 3.8) is 0 Å². The van der Waals surface area contributed by atoms with Crippen LogP contribution in [0.15, 0.2) is 30.6 Å². The fraction of sp³-hybridized carbons (Fsp3) is 0.500. The number of anilines is 1. The van der Waals surface area contributed by atoms with Crippen molar-refractivity contribution in [2.75, 3.05) is 11.9 Å². The molecule has 0 radical (unpaired) electrons. The number of alkyl halides is 3. The molecule has 1 aromatic carbocycles. The minimum absolute atomic E-state index is 0.101. The Labute approximate surface area is 170 Å². The van der Waals surface area contributed by atoms with Crippen LogP contribution >= 0.6 is 11.3 Å². The zero-order valence-corrected chi connectivity index (χ0v) is 16.7. The van der Waals surface area contributed by atoms with E-state index >= 15 is 0 Å². The standard InChI is InChI=1S/C20H24F3N5S/c21-20(22,23)15-5-1-12(2-6-15)7-16(24)10-25-19-26-11-18(29-19)13-3-4-14-9-27-28-17(14)8-13/h3-4,8-9,11-12,15-16H,1-2,5-7,10,24H2,(H,25,26)(H,27,28)/t12?,15?,16-/m0/s1. The minimum atomic E-state index is -4.06. The Morgan fingerprint density at radius 2 is 2.00 bits per heavy atom. The Morgan fingerprint density at radius 1 is 1.21 bits per heavy atom. The van der Waals surface area contributed by atoms with Crippen molar-refractivity contribution in [1.82, 2.24) is 15.2 Å². The average Bonchev–Trinajstić information content (AvgIpc) is 3.35. The number of benzene rings is 1. The molecule has 156 valence electrons. The molecular weight excluding hydrogens is 399 g/mol. The number of nitrogens with one attached hydrogen (secondary N) is 2. The van der Waals surface area contributed by atoms with Crippen LogP contribution in [0.1, 0.15) is 32.1 Å². The molecule has 1 fully saturated rings. The van der Waals surface area contributed by atoms with Gasteiger partial charge in [-0.15, -0.1) is 0 Å². The van der Waals surface area contributed by atoms with E-state index in [-0.39, 0.29) is 24.8 Å². The number of thiazole rings is 1. The average molecular weight is 424 g/mol. The topological polar surface area (TPSA) is 79.6 Å². The van der Waals surface area contributed by atoms with E-state index in [2.05, 4.69) is 20.5 Å². The lowest BCUT2D eigenvalue weighted by Crippen LogP contribution is -2.34. The van der Waals surface area contributed by atoms with Gasteiger partial charge in [0, 0.05) is 24.2 Å². The highest BCUT2D eigenvalue weighted by atomic mass is 32.1. The van der Waals surface area contributed by atoms with Crippen LogP contribution in [0, 0.1) is 11.8 Å². The quantitative estimate of drug-likeness (QED) is 0.510. The molecule has 4 rings (SSSR count). The van der Waals surface area contributed by atoms with Gasteiger partial charge < -0.3 is 11.1 Å². The van der Waals surface area contributed by atoms with Gasteiger partial charge in [0.05, 0.1) is 22.5 Å². The first kappa shape index (κ1) is 20.2. The van der Waals surface area contributed by atoms with Crippen LogP contribution in [-0.4, -0.2) is 33.9 Å². The van der Waals surface area contributed by atoms with Crippen LogP contribution in [-0.2, 0) is 0 Å². The number of halogens is 3. The Kier molecular flexibility index (Phi) is 5.78. The van der Waals surface area contributed by atoms with E-state index in [4.69, 9.17) is 5.73 Å². The molecule has 5 nitrogen and oxygen atoms in total. The van der Waals surface area contributed by atoms with Gasteiger partial charge in [-0.2, -0.15) is 18.3 Å². The maximum Gasteiger partial charge on any atom is 0.391 e. The number of nitrogens with zero attached hydrogens (tertiary/aromatic N) is 2. The molecule has 9 heteroatoms. The molecule has 3 aromatic rings. The SMILES string of the molecule is N[C@H](CNc1ncc(-c2ccc3cn[nH]c3c2)s1)CC1CCC(C(F)(F)F)CC1. The summed E-state index contributed by atoms with van der Waals surface area (Å²) in [6, 6.07) is 6.00. The van der Waals surface area contributed by atoms with E-state index in [9.17, 15) is 13.2 Å². The van der Waals surface area contributed by atoms with E-state index < -0.39 is 12.1 Å². The summed E-state index contributed by atoms with van der Waals surface area (Å²) < 4.78 is 38.3. The molecule has 0 amide bonds. The third kappa shape index (κ3) is 4.90. The van der Waals surface area contributed by atoms with Gasteiger partial charge in [-0.1, -0.05) is 23.5 Å². The van der Waals surface area contributed by atoms with Gasteiger partial charge >= 0.3 is 6.18 Å². The van der Waals surface area contributed by atoms with Crippen molar-refractivity contribution in [3.8, 4) is 10.4 Å². The first-order chi connectivity index (χ1) is 13.9. The van der Waals surface area contributed by atoms with E-state index in [1.807, 2.05) is 24.4 Å². The number of rotatable bonds is 6. The first-order valence-electron chi connectivity index (χ1n) is 9.84. The largest absolute Gasteiger partial charge is 0.391 e. The van der Waals surface area contributed by atoms with Gasteiger partial charge in [0.15, 0.2) is 5.13 Å². The van der Waals surface area contributed by atoms with Crippen LogP contribution in [0.4, 0.5) is 18.3 Å². The number of hydrogen-bond acceptors (Lipinski definition) is 5. The second-order valence-electron chi connectivity index (χ2n) is 7.84. The molecule has 0 saturated heterocycles. The monoisotopic (exact) mass is 423 g/mol. The Hall–Kier alpha value is -2.13. The molecule has 1 atom stereocenters. The highest BCUT2D eigenvalue weighted by molar-refractivity contribution is 7.18. The summed E-state index contributed by atoms with van der Waals surface area (Å²) in [5.41, 5.74) is 8.27. The second kappa shape index (κ2) is 8.31. The molecular formula is C20H24F3N5S. The normalized spacial score (nSPS) is 21.4. The van der Waals surface area contributed by atoms with Crippen molar-refractivity contribution >= 4 is 27.4 Å². The van der Waals surface area contributed by atoms with Crippen molar-refractivity contribution in [1.29, 1.82) is 0 Å². The number of nitrogens with two attached hydrogens (primary N) is 1. The van der Waals surface area contributed by atoms with Crippen LogP contribution in [0.2, 0.25) is 0 Å². The van der Waals surface area contributed by atoms with Crippen LogP contribution in [0.3, 0.4) is 0 Å². The molecule has 0 unspecified atom stereocenters. The highest BCUT2D eigenvalue weighted by Gasteiger charge is 2.41. The van der Waals surface area contributed by atoms with E-state index in [1.54, 1.807) is 17.5 Å². The summed E-state index contributed by atoms with van der Waals surface area (Å²) in [6.07, 6.45) is 1.97. The number of hydrogen-bond donors (Lipinski definition) is 3. The van der Waals surface area contributed by atoms with Gasteiger partial charge in [0.25, 0.3) is 0 Å². The summed E-state index contributed by atoms with van der Waals surface area (Å²) >= 11 is 1.55. The number of fused-ring (bicyclic) bond motifs is 1. The van der Waals surface area contributed by atoms with E-state index in [0.29, 0.717) is 19.4 Å². The molecule has 0 bridgehead atoms. The fourth-order valence-electron chi connectivity index (χ4n) is 4.03. The third-order valence-corrected chi connectivity index (χ3v) is 6.70. The predicted molar refractivity (Wildman–Crippen MR) is 110 cm³/mol. The van der Waals surface area contributed by atoms with Gasteiger partial charge in [0.1, 0.15) is 0 Å². The number of aromatic amines is 1. The molecule has 0 aliphatic heterocycles. The molecule has 4 N–H and O–H groups in total. The van der Waals surface area contributed by atoms with Crippen molar-refractivity contribution < 1.29 is 13.2 Å². The van der Waals surface area contributed by atoms with Crippen molar-refractivity contribution in [2.45, 2.75) is 44.3 Å². The van der Waals surface area contributed by atoms with Gasteiger partial charge in [-0.3, -0.25) is 5.10 Å². The molecule has 2 heterocycles. The van der Waals surface area contributed by atoms with Crippen molar-refractivity contribution in [3.05, 3.63) is 30.6 Å². The Morgan fingerprint density at radius 3 is 2.76 bits per heavy atom. The van der Waals surface area contributed by atoms with Crippen LogP contribution < -0.4 is 11.1 Å².